The minimum absolute atomic E-state index is 0.148. The fraction of sp³-hybridized carbons (Fsp3) is 0.316. The van der Waals surface area contributed by atoms with E-state index in [-0.39, 0.29) is 6.04 Å². The molecule has 3 nitrogen and oxygen atoms in total. The van der Waals surface area contributed by atoms with Gasteiger partial charge in [0.15, 0.2) is 0 Å². The fourth-order valence-corrected chi connectivity index (χ4v) is 2.69. The maximum atomic E-state index is 12.2. The number of benzene rings is 2. The van der Waals surface area contributed by atoms with Gasteiger partial charge in [-0.2, -0.15) is 0 Å². The number of nitrogens with one attached hydrogen (secondary N) is 1. The number of hydrogen-bond donors (Lipinski definition) is 1. The van der Waals surface area contributed by atoms with Crippen molar-refractivity contribution in [1.29, 1.82) is 0 Å². The predicted molar refractivity (Wildman–Crippen MR) is 96.4 cm³/mol. The Morgan fingerprint density at radius 1 is 1.13 bits per heavy atom. The number of hydrogen-bond acceptors (Lipinski definition) is 2. The van der Waals surface area contributed by atoms with Gasteiger partial charge in [-0.25, -0.2) is 4.79 Å². The second kappa shape index (κ2) is 7.64. The van der Waals surface area contributed by atoms with Crippen molar-refractivity contribution in [3.05, 3.63) is 70.2 Å². The van der Waals surface area contributed by atoms with Gasteiger partial charge in [-0.3, -0.25) is 0 Å². The molecular formula is C19H22BrNO2. The SMILES string of the molecule is CC(C)(C)OC(=O)NC(Cc1ccccc1)c1cccc(Br)c1. The highest BCUT2D eigenvalue weighted by atomic mass is 79.9. The molecule has 1 N–H and O–H groups in total. The Bertz CT molecular complexity index is 650. The van der Waals surface area contributed by atoms with Crippen LogP contribution in [0.15, 0.2) is 59.1 Å². The van der Waals surface area contributed by atoms with Gasteiger partial charge in [-0.15, -0.1) is 0 Å². The van der Waals surface area contributed by atoms with E-state index in [0.29, 0.717) is 6.42 Å². The summed E-state index contributed by atoms with van der Waals surface area (Å²) in [6, 6.07) is 17.9. The highest BCUT2D eigenvalue weighted by Gasteiger charge is 2.21. The van der Waals surface area contributed by atoms with Crippen LogP contribution in [-0.4, -0.2) is 11.7 Å². The first-order valence-corrected chi connectivity index (χ1v) is 8.42. The Kier molecular flexibility index (Phi) is 5.83. The van der Waals surface area contributed by atoms with Gasteiger partial charge < -0.3 is 10.1 Å². The van der Waals surface area contributed by atoms with Crippen LogP contribution in [0.5, 0.6) is 0 Å². The first-order chi connectivity index (χ1) is 10.8. The third-order valence-corrected chi connectivity index (χ3v) is 3.72. The minimum Gasteiger partial charge on any atom is -0.444 e. The highest BCUT2D eigenvalue weighted by molar-refractivity contribution is 9.10. The molecule has 0 aliphatic carbocycles. The summed E-state index contributed by atoms with van der Waals surface area (Å²) in [6.45, 7) is 5.58. The second-order valence-corrected chi connectivity index (χ2v) is 7.36. The molecule has 122 valence electrons. The normalized spacial score (nSPS) is 12.5. The van der Waals surface area contributed by atoms with Gasteiger partial charge in [0.2, 0.25) is 0 Å². The van der Waals surface area contributed by atoms with Gasteiger partial charge >= 0.3 is 6.09 Å². The summed E-state index contributed by atoms with van der Waals surface area (Å²) in [5.74, 6) is 0. The Morgan fingerprint density at radius 3 is 2.43 bits per heavy atom. The zero-order valence-corrected chi connectivity index (χ0v) is 15.3. The third kappa shape index (κ3) is 6.06. The standard InChI is InChI=1S/C19H22BrNO2/c1-19(2,3)23-18(22)21-17(12-14-8-5-4-6-9-14)15-10-7-11-16(20)13-15/h4-11,13,17H,12H2,1-3H3,(H,21,22). The topological polar surface area (TPSA) is 38.3 Å². The third-order valence-electron chi connectivity index (χ3n) is 3.22. The first-order valence-electron chi connectivity index (χ1n) is 7.62. The molecule has 0 saturated heterocycles. The van der Waals surface area contributed by atoms with Gasteiger partial charge in [0, 0.05) is 4.47 Å². The molecule has 1 amide bonds. The molecule has 0 heterocycles. The Labute approximate surface area is 146 Å². The Balaban J connectivity index is 2.19. The van der Waals surface area contributed by atoms with Gasteiger partial charge in [-0.1, -0.05) is 58.4 Å². The Hall–Kier alpha value is -1.81. The van der Waals surface area contributed by atoms with Crippen LogP contribution in [0, 0.1) is 0 Å². The minimum atomic E-state index is -0.515. The van der Waals surface area contributed by atoms with Crippen molar-refractivity contribution in [2.24, 2.45) is 0 Å². The lowest BCUT2D eigenvalue weighted by Crippen LogP contribution is -2.35. The van der Waals surface area contributed by atoms with E-state index in [2.05, 4.69) is 33.4 Å². The summed E-state index contributed by atoms with van der Waals surface area (Å²) >= 11 is 3.49. The van der Waals surface area contributed by atoms with Crippen molar-refractivity contribution in [3.63, 3.8) is 0 Å². The van der Waals surface area contributed by atoms with Crippen LogP contribution in [0.3, 0.4) is 0 Å². The lowest BCUT2D eigenvalue weighted by molar-refractivity contribution is 0.0503. The molecule has 0 aromatic heterocycles. The smallest absolute Gasteiger partial charge is 0.408 e. The van der Waals surface area contributed by atoms with Crippen molar-refractivity contribution in [2.75, 3.05) is 0 Å². The van der Waals surface area contributed by atoms with Gasteiger partial charge in [0.1, 0.15) is 5.60 Å². The molecule has 2 aromatic rings. The van der Waals surface area contributed by atoms with Crippen LogP contribution < -0.4 is 5.32 Å². The van der Waals surface area contributed by atoms with Gasteiger partial charge in [-0.05, 0) is 50.5 Å². The number of alkyl carbamates (subject to hydrolysis) is 1. The predicted octanol–water partition coefficient (Wildman–Crippen LogP) is 5.26. The lowest BCUT2D eigenvalue weighted by atomic mass is 9.99. The van der Waals surface area contributed by atoms with E-state index in [1.54, 1.807) is 0 Å². The summed E-state index contributed by atoms with van der Waals surface area (Å²) in [7, 11) is 0. The number of rotatable bonds is 4. The van der Waals surface area contributed by atoms with Crippen molar-refractivity contribution >= 4 is 22.0 Å². The quantitative estimate of drug-likeness (QED) is 0.791. The summed E-state index contributed by atoms with van der Waals surface area (Å²) < 4.78 is 6.38. The molecule has 1 atom stereocenters. The summed E-state index contributed by atoms with van der Waals surface area (Å²) in [4.78, 5) is 12.2. The molecular weight excluding hydrogens is 354 g/mol. The number of halogens is 1. The van der Waals surface area contributed by atoms with Crippen LogP contribution in [0.4, 0.5) is 4.79 Å². The summed E-state index contributed by atoms with van der Waals surface area (Å²) in [5.41, 5.74) is 1.68. The monoisotopic (exact) mass is 375 g/mol. The maximum absolute atomic E-state index is 12.2. The fourth-order valence-electron chi connectivity index (χ4n) is 2.28. The zero-order chi connectivity index (χ0) is 16.9. The van der Waals surface area contributed by atoms with Crippen molar-refractivity contribution in [1.82, 2.24) is 5.32 Å². The molecule has 23 heavy (non-hydrogen) atoms. The molecule has 0 spiro atoms. The number of carbonyl (C=O) groups excluding carboxylic acids is 1. The van der Waals surface area contributed by atoms with Crippen LogP contribution in [0.1, 0.15) is 37.9 Å². The van der Waals surface area contributed by atoms with E-state index >= 15 is 0 Å². The summed E-state index contributed by atoms with van der Waals surface area (Å²) in [6.07, 6.45) is 0.301. The van der Waals surface area contributed by atoms with Crippen LogP contribution in [-0.2, 0) is 11.2 Å². The summed E-state index contributed by atoms with van der Waals surface area (Å²) in [5, 5.41) is 2.98. The number of amides is 1. The molecule has 0 aliphatic heterocycles. The number of ether oxygens (including phenoxy) is 1. The molecule has 2 rings (SSSR count). The van der Waals surface area contributed by atoms with Crippen LogP contribution in [0.25, 0.3) is 0 Å². The lowest BCUT2D eigenvalue weighted by Gasteiger charge is -2.24. The molecule has 0 bridgehead atoms. The van der Waals surface area contributed by atoms with E-state index in [4.69, 9.17) is 4.74 Å². The molecule has 1 unspecified atom stereocenters. The Morgan fingerprint density at radius 2 is 1.83 bits per heavy atom. The average molecular weight is 376 g/mol. The van der Waals surface area contributed by atoms with Crippen LogP contribution in [0.2, 0.25) is 0 Å². The van der Waals surface area contributed by atoms with Crippen molar-refractivity contribution in [3.8, 4) is 0 Å². The molecule has 2 aromatic carbocycles. The second-order valence-electron chi connectivity index (χ2n) is 6.44. The van der Waals surface area contributed by atoms with Crippen molar-refractivity contribution < 1.29 is 9.53 Å². The van der Waals surface area contributed by atoms with Gasteiger partial charge in [0.05, 0.1) is 6.04 Å². The molecule has 0 aliphatic rings. The highest BCUT2D eigenvalue weighted by Crippen LogP contribution is 2.22. The molecule has 0 radical (unpaired) electrons. The zero-order valence-electron chi connectivity index (χ0n) is 13.7. The van der Waals surface area contributed by atoms with E-state index < -0.39 is 11.7 Å². The largest absolute Gasteiger partial charge is 0.444 e. The molecule has 0 fully saturated rings. The van der Waals surface area contributed by atoms with Gasteiger partial charge in [0.25, 0.3) is 0 Å². The van der Waals surface area contributed by atoms with E-state index in [1.807, 2.05) is 63.2 Å². The molecule has 0 saturated carbocycles. The van der Waals surface area contributed by atoms with Crippen LogP contribution >= 0.6 is 15.9 Å². The van der Waals surface area contributed by atoms with E-state index in [1.165, 1.54) is 0 Å². The van der Waals surface area contributed by atoms with Crippen molar-refractivity contribution in [2.45, 2.75) is 38.8 Å². The first kappa shape index (κ1) is 17.5. The average Bonchev–Trinajstić information content (AvgIpc) is 2.45. The maximum Gasteiger partial charge on any atom is 0.408 e. The molecule has 4 heteroatoms. The van der Waals surface area contributed by atoms with E-state index in [9.17, 15) is 4.79 Å². The van der Waals surface area contributed by atoms with E-state index in [0.717, 1.165) is 15.6 Å². The number of carbonyl (C=O) groups is 1.